The highest BCUT2D eigenvalue weighted by atomic mass is 16.5. The van der Waals surface area contributed by atoms with Gasteiger partial charge in [0.2, 0.25) is 0 Å². The van der Waals surface area contributed by atoms with E-state index in [1.807, 2.05) is 24.7 Å². The molecule has 2 rings (SSSR count). The fourth-order valence-electron chi connectivity index (χ4n) is 2.18. The molecule has 0 atom stereocenters. The van der Waals surface area contributed by atoms with Crippen LogP contribution in [0.25, 0.3) is 0 Å². The normalized spacial score (nSPS) is 10.6. The largest absolute Gasteiger partial charge is 0.493 e. The standard InChI is InChI=1S/C16H23N3O2/c1-4-17-9-13-7-6-8-15(20-3)16(13)21-11-14-10-18-12-19(14)5-2/h6-8,10,12,17H,4-5,9,11H2,1-3H3. The zero-order valence-electron chi connectivity index (χ0n) is 12.9. The van der Waals surface area contributed by atoms with Crippen molar-refractivity contribution in [2.75, 3.05) is 13.7 Å². The number of methoxy groups -OCH3 is 1. The highest BCUT2D eigenvalue weighted by Crippen LogP contribution is 2.31. The molecular weight excluding hydrogens is 266 g/mol. The fraction of sp³-hybridized carbons (Fsp3) is 0.438. The van der Waals surface area contributed by atoms with Crippen LogP contribution in [0.2, 0.25) is 0 Å². The zero-order chi connectivity index (χ0) is 15.1. The van der Waals surface area contributed by atoms with Crippen LogP contribution in [0.4, 0.5) is 0 Å². The first kappa shape index (κ1) is 15.4. The SMILES string of the molecule is CCNCc1cccc(OC)c1OCc1cncn1CC. The summed E-state index contributed by atoms with van der Waals surface area (Å²) in [6, 6.07) is 5.95. The van der Waals surface area contributed by atoms with Crippen LogP contribution in [0.3, 0.4) is 0 Å². The lowest BCUT2D eigenvalue weighted by Crippen LogP contribution is -2.13. The van der Waals surface area contributed by atoms with Gasteiger partial charge in [0.15, 0.2) is 11.5 Å². The summed E-state index contributed by atoms with van der Waals surface area (Å²) in [4.78, 5) is 4.16. The molecule has 0 aliphatic carbocycles. The van der Waals surface area contributed by atoms with Gasteiger partial charge in [-0.05, 0) is 19.5 Å². The van der Waals surface area contributed by atoms with Crippen molar-refractivity contribution in [2.45, 2.75) is 33.5 Å². The second kappa shape index (κ2) is 7.69. The number of aryl methyl sites for hydroxylation is 1. The molecule has 2 aromatic rings. The van der Waals surface area contributed by atoms with Crippen LogP contribution in [0, 0.1) is 0 Å². The van der Waals surface area contributed by atoms with Crippen LogP contribution in [0.1, 0.15) is 25.1 Å². The van der Waals surface area contributed by atoms with Gasteiger partial charge in [0.05, 0.1) is 25.3 Å². The van der Waals surface area contributed by atoms with Gasteiger partial charge in [0, 0.05) is 18.7 Å². The minimum atomic E-state index is 0.480. The van der Waals surface area contributed by atoms with Gasteiger partial charge in [-0.3, -0.25) is 0 Å². The van der Waals surface area contributed by atoms with Crippen molar-refractivity contribution in [3.8, 4) is 11.5 Å². The molecule has 0 bridgehead atoms. The van der Waals surface area contributed by atoms with Crippen molar-refractivity contribution >= 4 is 0 Å². The number of aromatic nitrogens is 2. The van der Waals surface area contributed by atoms with E-state index in [0.29, 0.717) is 6.61 Å². The molecule has 5 nitrogen and oxygen atoms in total. The van der Waals surface area contributed by atoms with Crippen molar-refractivity contribution in [1.29, 1.82) is 0 Å². The summed E-state index contributed by atoms with van der Waals surface area (Å²) in [5, 5.41) is 3.32. The molecule has 1 aromatic heterocycles. The number of nitrogens with one attached hydrogen (secondary N) is 1. The van der Waals surface area contributed by atoms with Crippen molar-refractivity contribution in [1.82, 2.24) is 14.9 Å². The van der Waals surface area contributed by atoms with Gasteiger partial charge < -0.3 is 19.4 Å². The summed E-state index contributed by atoms with van der Waals surface area (Å²) in [5.74, 6) is 1.55. The Kier molecular flexibility index (Phi) is 5.63. The topological polar surface area (TPSA) is 48.3 Å². The fourth-order valence-corrected chi connectivity index (χ4v) is 2.18. The Morgan fingerprint density at radius 1 is 1.29 bits per heavy atom. The number of ether oxygens (including phenoxy) is 2. The molecule has 0 amide bonds. The van der Waals surface area contributed by atoms with Crippen LogP contribution in [-0.2, 0) is 19.7 Å². The van der Waals surface area contributed by atoms with Crippen LogP contribution in [0.15, 0.2) is 30.7 Å². The van der Waals surface area contributed by atoms with E-state index in [1.54, 1.807) is 7.11 Å². The van der Waals surface area contributed by atoms with Gasteiger partial charge in [-0.15, -0.1) is 0 Å². The monoisotopic (exact) mass is 289 g/mol. The maximum Gasteiger partial charge on any atom is 0.166 e. The Morgan fingerprint density at radius 2 is 2.14 bits per heavy atom. The number of nitrogens with zero attached hydrogens (tertiary/aromatic N) is 2. The predicted octanol–water partition coefficient (Wildman–Crippen LogP) is 2.60. The first-order valence-corrected chi connectivity index (χ1v) is 7.28. The van der Waals surface area contributed by atoms with Gasteiger partial charge >= 0.3 is 0 Å². The summed E-state index contributed by atoms with van der Waals surface area (Å²) >= 11 is 0. The first-order valence-electron chi connectivity index (χ1n) is 7.28. The Balaban J connectivity index is 2.17. The summed E-state index contributed by atoms with van der Waals surface area (Å²) in [6.45, 7) is 7.21. The van der Waals surface area contributed by atoms with Crippen LogP contribution in [-0.4, -0.2) is 23.2 Å². The van der Waals surface area contributed by atoms with E-state index in [1.165, 1.54) is 0 Å². The van der Waals surface area contributed by atoms with Gasteiger partial charge in [0.1, 0.15) is 6.61 Å². The van der Waals surface area contributed by atoms with E-state index in [2.05, 4.69) is 34.8 Å². The Labute approximate surface area is 125 Å². The molecule has 1 heterocycles. The Hall–Kier alpha value is -2.01. The average Bonchev–Trinajstić information content (AvgIpc) is 2.98. The van der Waals surface area contributed by atoms with Gasteiger partial charge in [0.25, 0.3) is 0 Å². The quantitative estimate of drug-likeness (QED) is 0.811. The molecule has 0 unspecified atom stereocenters. The van der Waals surface area contributed by atoms with E-state index < -0.39 is 0 Å². The maximum atomic E-state index is 6.02. The third kappa shape index (κ3) is 3.76. The lowest BCUT2D eigenvalue weighted by atomic mass is 10.2. The molecule has 21 heavy (non-hydrogen) atoms. The summed E-state index contributed by atoms with van der Waals surface area (Å²) < 4.78 is 13.5. The number of para-hydroxylation sites is 1. The molecule has 0 fully saturated rings. The molecule has 114 valence electrons. The number of imidazole rings is 1. The van der Waals surface area contributed by atoms with E-state index in [9.17, 15) is 0 Å². The van der Waals surface area contributed by atoms with Crippen LogP contribution >= 0.6 is 0 Å². The van der Waals surface area contributed by atoms with Gasteiger partial charge in [-0.25, -0.2) is 4.98 Å². The number of benzene rings is 1. The molecule has 1 aromatic carbocycles. The van der Waals surface area contributed by atoms with E-state index in [0.717, 1.165) is 42.4 Å². The summed E-state index contributed by atoms with van der Waals surface area (Å²) in [7, 11) is 1.66. The Morgan fingerprint density at radius 3 is 2.86 bits per heavy atom. The van der Waals surface area contributed by atoms with Crippen molar-refractivity contribution < 1.29 is 9.47 Å². The number of rotatable bonds is 8. The van der Waals surface area contributed by atoms with Crippen molar-refractivity contribution in [3.05, 3.63) is 42.0 Å². The van der Waals surface area contributed by atoms with Gasteiger partial charge in [-0.2, -0.15) is 0 Å². The third-order valence-corrected chi connectivity index (χ3v) is 3.35. The molecule has 0 aliphatic heterocycles. The second-order valence-corrected chi connectivity index (χ2v) is 4.69. The van der Waals surface area contributed by atoms with E-state index >= 15 is 0 Å². The second-order valence-electron chi connectivity index (χ2n) is 4.69. The molecule has 0 spiro atoms. The van der Waals surface area contributed by atoms with Crippen LogP contribution in [0.5, 0.6) is 11.5 Å². The summed E-state index contributed by atoms with van der Waals surface area (Å²) in [5.41, 5.74) is 2.15. The number of hydrogen-bond acceptors (Lipinski definition) is 4. The lowest BCUT2D eigenvalue weighted by Gasteiger charge is -2.15. The minimum Gasteiger partial charge on any atom is -0.493 e. The molecule has 0 aliphatic rings. The Bertz CT molecular complexity index is 566. The molecule has 0 saturated carbocycles. The van der Waals surface area contributed by atoms with E-state index in [4.69, 9.17) is 9.47 Å². The third-order valence-electron chi connectivity index (χ3n) is 3.35. The molecular formula is C16H23N3O2. The minimum absolute atomic E-state index is 0.480. The van der Waals surface area contributed by atoms with Crippen molar-refractivity contribution in [3.63, 3.8) is 0 Å². The first-order chi connectivity index (χ1) is 10.3. The average molecular weight is 289 g/mol. The van der Waals surface area contributed by atoms with Crippen LogP contribution < -0.4 is 14.8 Å². The molecule has 0 saturated heterocycles. The maximum absolute atomic E-state index is 6.02. The van der Waals surface area contributed by atoms with Gasteiger partial charge in [-0.1, -0.05) is 19.1 Å². The molecule has 0 radical (unpaired) electrons. The summed E-state index contributed by atoms with van der Waals surface area (Å²) in [6.07, 6.45) is 3.66. The lowest BCUT2D eigenvalue weighted by molar-refractivity contribution is 0.272. The molecule has 5 heteroatoms. The molecule has 1 N–H and O–H groups in total. The highest BCUT2D eigenvalue weighted by molar-refractivity contribution is 5.46. The highest BCUT2D eigenvalue weighted by Gasteiger charge is 2.11. The van der Waals surface area contributed by atoms with E-state index in [-0.39, 0.29) is 0 Å². The van der Waals surface area contributed by atoms with Crippen molar-refractivity contribution in [2.24, 2.45) is 0 Å². The zero-order valence-corrected chi connectivity index (χ0v) is 12.9. The number of hydrogen-bond donors (Lipinski definition) is 1. The predicted molar refractivity (Wildman–Crippen MR) is 82.6 cm³/mol. The smallest absolute Gasteiger partial charge is 0.166 e.